The molecule has 2 aromatic rings. The molecule has 2 amide bonds. The van der Waals surface area contributed by atoms with Gasteiger partial charge in [0.25, 0.3) is 0 Å². The molecule has 0 unspecified atom stereocenters. The number of cyclic esters (lactones) is 1. The number of rotatable bonds is 6. The Bertz CT molecular complexity index is 748. The summed E-state index contributed by atoms with van der Waals surface area (Å²) in [5, 5.41) is 2.86. The van der Waals surface area contributed by atoms with E-state index in [2.05, 4.69) is 5.32 Å². The lowest BCUT2D eigenvalue weighted by atomic mass is 10.1. The highest BCUT2D eigenvalue weighted by Gasteiger charge is 2.37. The predicted molar refractivity (Wildman–Crippen MR) is 92.0 cm³/mol. The summed E-state index contributed by atoms with van der Waals surface area (Å²) < 4.78 is 10.2. The van der Waals surface area contributed by atoms with Crippen LogP contribution in [-0.4, -0.2) is 36.7 Å². The van der Waals surface area contributed by atoms with Crippen LogP contribution >= 0.6 is 0 Å². The number of ether oxygens (including phenoxy) is 2. The molecule has 1 heterocycles. The molecule has 1 atom stereocenters. The zero-order chi connectivity index (χ0) is 17.6. The second-order valence-corrected chi connectivity index (χ2v) is 5.78. The van der Waals surface area contributed by atoms with Crippen molar-refractivity contribution in [3.63, 3.8) is 0 Å². The molecule has 0 saturated carbocycles. The zero-order valence-corrected chi connectivity index (χ0v) is 14.0. The third kappa shape index (κ3) is 4.09. The van der Waals surface area contributed by atoms with Gasteiger partial charge >= 0.3 is 6.09 Å². The topological polar surface area (TPSA) is 67.9 Å². The number of methoxy groups -OCH3 is 1. The molecule has 1 fully saturated rings. The third-order valence-corrected chi connectivity index (χ3v) is 4.07. The van der Waals surface area contributed by atoms with Crippen molar-refractivity contribution in [2.75, 3.05) is 13.7 Å². The van der Waals surface area contributed by atoms with Crippen molar-refractivity contribution in [1.29, 1.82) is 0 Å². The van der Waals surface area contributed by atoms with E-state index in [4.69, 9.17) is 9.47 Å². The van der Waals surface area contributed by atoms with E-state index in [-0.39, 0.29) is 12.5 Å². The van der Waals surface area contributed by atoms with E-state index in [0.29, 0.717) is 13.1 Å². The summed E-state index contributed by atoms with van der Waals surface area (Å²) in [6.45, 7) is 0.770. The van der Waals surface area contributed by atoms with Gasteiger partial charge in [0, 0.05) is 6.54 Å². The van der Waals surface area contributed by atoms with Crippen LogP contribution in [0.5, 0.6) is 5.75 Å². The summed E-state index contributed by atoms with van der Waals surface area (Å²) in [4.78, 5) is 25.9. The molecule has 25 heavy (non-hydrogen) atoms. The summed E-state index contributed by atoms with van der Waals surface area (Å²) in [6, 6.07) is 16.4. The Labute approximate surface area is 146 Å². The standard InChI is InChI=1S/C19H20N2O4/c1-24-16-9-5-8-15(10-16)11-20-18(22)17-13-25-19(23)21(17)12-14-6-3-2-4-7-14/h2-10,17H,11-13H2,1H3,(H,20,22)/t17-/m0/s1. The van der Waals surface area contributed by atoms with Crippen molar-refractivity contribution in [1.82, 2.24) is 10.2 Å². The molecule has 6 heteroatoms. The lowest BCUT2D eigenvalue weighted by Crippen LogP contribution is -2.45. The Morgan fingerprint density at radius 2 is 1.96 bits per heavy atom. The van der Waals surface area contributed by atoms with Crippen molar-refractivity contribution in [3.8, 4) is 5.75 Å². The Morgan fingerprint density at radius 1 is 1.20 bits per heavy atom. The predicted octanol–water partition coefficient (Wildman–Crippen LogP) is 2.33. The maximum Gasteiger partial charge on any atom is 0.410 e. The molecule has 130 valence electrons. The highest BCUT2D eigenvalue weighted by molar-refractivity contribution is 5.87. The fraction of sp³-hybridized carbons (Fsp3) is 0.263. The smallest absolute Gasteiger partial charge is 0.410 e. The van der Waals surface area contributed by atoms with E-state index in [1.807, 2.05) is 54.6 Å². The van der Waals surface area contributed by atoms with Crippen LogP contribution in [-0.2, 0) is 22.6 Å². The molecular formula is C19H20N2O4. The van der Waals surface area contributed by atoms with Gasteiger partial charge in [0.2, 0.25) is 5.91 Å². The number of amides is 2. The highest BCUT2D eigenvalue weighted by Crippen LogP contribution is 2.17. The molecule has 0 radical (unpaired) electrons. The fourth-order valence-corrected chi connectivity index (χ4v) is 2.71. The number of benzene rings is 2. The minimum atomic E-state index is -0.627. The average Bonchev–Trinajstić information content (AvgIpc) is 3.01. The number of hydrogen-bond acceptors (Lipinski definition) is 4. The van der Waals surface area contributed by atoms with E-state index in [0.717, 1.165) is 16.9 Å². The molecule has 2 aromatic carbocycles. The molecule has 0 spiro atoms. The third-order valence-electron chi connectivity index (χ3n) is 4.07. The summed E-state index contributed by atoms with van der Waals surface area (Å²) >= 11 is 0. The van der Waals surface area contributed by atoms with Crippen LogP contribution in [0.25, 0.3) is 0 Å². The molecule has 1 saturated heterocycles. The maximum absolute atomic E-state index is 12.5. The normalized spacial score (nSPS) is 16.4. The first-order chi connectivity index (χ1) is 12.2. The Morgan fingerprint density at radius 3 is 2.72 bits per heavy atom. The van der Waals surface area contributed by atoms with Crippen molar-refractivity contribution >= 4 is 12.0 Å². The van der Waals surface area contributed by atoms with Crippen LogP contribution in [0.4, 0.5) is 4.79 Å². The first-order valence-corrected chi connectivity index (χ1v) is 8.05. The van der Waals surface area contributed by atoms with Crippen molar-refractivity contribution in [3.05, 3.63) is 65.7 Å². The van der Waals surface area contributed by atoms with Gasteiger partial charge in [-0.15, -0.1) is 0 Å². The van der Waals surface area contributed by atoms with Gasteiger partial charge in [-0.1, -0.05) is 42.5 Å². The quantitative estimate of drug-likeness (QED) is 0.876. The van der Waals surface area contributed by atoms with Crippen molar-refractivity contribution in [2.24, 2.45) is 0 Å². The van der Waals surface area contributed by atoms with Gasteiger partial charge in [-0.05, 0) is 23.3 Å². The van der Waals surface area contributed by atoms with Gasteiger partial charge in [0.05, 0.1) is 13.7 Å². The van der Waals surface area contributed by atoms with Gasteiger partial charge in [0.1, 0.15) is 18.4 Å². The fourth-order valence-electron chi connectivity index (χ4n) is 2.71. The lowest BCUT2D eigenvalue weighted by Gasteiger charge is -2.21. The first-order valence-electron chi connectivity index (χ1n) is 8.05. The second kappa shape index (κ2) is 7.70. The first kappa shape index (κ1) is 16.8. The number of hydrogen-bond donors (Lipinski definition) is 1. The van der Waals surface area contributed by atoms with E-state index in [9.17, 15) is 9.59 Å². The van der Waals surface area contributed by atoms with E-state index in [1.54, 1.807) is 7.11 Å². The number of carbonyl (C=O) groups is 2. The molecule has 1 aliphatic rings. The number of nitrogens with zero attached hydrogens (tertiary/aromatic N) is 1. The van der Waals surface area contributed by atoms with E-state index < -0.39 is 12.1 Å². The number of carbonyl (C=O) groups excluding carboxylic acids is 2. The number of nitrogens with one attached hydrogen (secondary N) is 1. The lowest BCUT2D eigenvalue weighted by molar-refractivity contribution is -0.125. The largest absolute Gasteiger partial charge is 0.497 e. The van der Waals surface area contributed by atoms with Gasteiger partial charge < -0.3 is 14.8 Å². The summed E-state index contributed by atoms with van der Waals surface area (Å²) in [7, 11) is 1.60. The van der Waals surface area contributed by atoms with Crippen molar-refractivity contribution < 1.29 is 19.1 Å². The molecule has 1 N–H and O–H groups in total. The molecule has 0 aliphatic carbocycles. The molecule has 1 aliphatic heterocycles. The van der Waals surface area contributed by atoms with E-state index in [1.165, 1.54) is 4.90 Å². The van der Waals surface area contributed by atoms with Crippen LogP contribution in [0.15, 0.2) is 54.6 Å². The molecule has 6 nitrogen and oxygen atoms in total. The Kier molecular flexibility index (Phi) is 5.18. The van der Waals surface area contributed by atoms with Crippen LogP contribution < -0.4 is 10.1 Å². The van der Waals surface area contributed by atoms with Crippen molar-refractivity contribution in [2.45, 2.75) is 19.1 Å². The molecular weight excluding hydrogens is 320 g/mol. The average molecular weight is 340 g/mol. The van der Waals surface area contributed by atoms with Crippen LogP contribution in [0.2, 0.25) is 0 Å². The molecule has 0 aromatic heterocycles. The van der Waals surface area contributed by atoms with Gasteiger partial charge in [0.15, 0.2) is 0 Å². The Hall–Kier alpha value is -3.02. The van der Waals surface area contributed by atoms with Gasteiger partial charge in [-0.3, -0.25) is 9.69 Å². The molecule has 3 rings (SSSR count). The van der Waals surface area contributed by atoms with E-state index >= 15 is 0 Å². The minimum absolute atomic E-state index is 0.0651. The SMILES string of the molecule is COc1cccc(CNC(=O)[C@@H]2COC(=O)N2Cc2ccccc2)c1. The monoisotopic (exact) mass is 340 g/mol. The second-order valence-electron chi connectivity index (χ2n) is 5.78. The zero-order valence-electron chi connectivity index (χ0n) is 14.0. The van der Waals surface area contributed by atoms with Crippen LogP contribution in [0, 0.1) is 0 Å². The summed E-state index contributed by atoms with van der Waals surface area (Å²) in [5.41, 5.74) is 1.87. The van der Waals surface area contributed by atoms with Crippen LogP contribution in [0.1, 0.15) is 11.1 Å². The summed E-state index contributed by atoms with van der Waals surface area (Å²) in [6.07, 6.45) is -0.467. The minimum Gasteiger partial charge on any atom is -0.497 e. The maximum atomic E-state index is 12.5. The van der Waals surface area contributed by atoms with Crippen LogP contribution in [0.3, 0.4) is 0 Å². The van der Waals surface area contributed by atoms with Gasteiger partial charge in [-0.25, -0.2) is 4.79 Å². The highest BCUT2D eigenvalue weighted by atomic mass is 16.6. The summed E-state index contributed by atoms with van der Waals surface area (Å²) in [5.74, 6) is 0.501. The molecule has 0 bridgehead atoms. The van der Waals surface area contributed by atoms with Gasteiger partial charge in [-0.2, -0.15) is 0 Å². The Balaban J connectivity index is 1.62.